The van der Waals surface area contributed by atoms with Crippen LogP contribution in [0.25, 0.3) is 0 Å². The third kappa shape index (κ3) is 4.72. The van der Waals surface area contributed by atoms with Gasteiger partial charge < -0.3 is 16.0 Å². The van der Waals surface area contributed by atoms with Gasteiger partial charge in [0.1, 0.15) is 11.6 Å². The number of amides is 1. The molecule has 0 saturated carbocycles. The molecule has 2 aromatic heterocycles. The predicted molar refractivity (Wildman–Crippen MR) is 95.5 cm³/mol. The van der Waals surface area contributed by atoms with Crippen LogP contribution in [-0.4, -0.2) is 40.5 Å². The van der Waals surface area contributed by atoms with Gasteiger partial charge in [0.2, 0.25) is 5.91 Å². The second-order valence-corrected chi connectivity index (χ2v) is 6.71. The molecule has 128 valence electrons. The van der Waals surface area contributed by atoms with Crippen LogP contribution < -0.4 is 16.0 Å². The molecule has 7 nitrogen and oxygen atoms in total. The number of hydrogen-bond acceptors (Lipinski definition) is 7. The molecule has 1 amide bonds. The van der Waals surface area contributed by atoms with E-state index in [0.29, 0.717) is 24.0 Å². The maximum Gasteiger partial charge on any atom is 0.227 e. The average Bonchev–Trinajstić information content (AvgIpc) is 3.08. The van der Waals surface area contributed by atoms with E-state index in [4.69, 9.17) is 0 Å². The lowest BCUT2D eigenvalue weighted by Crippen LogP contribution is -2.27. The number of rotatable bonds is 6. The van der Waals surface area contributed by atoms with Crippen molar-refractivity contribution in [1.82, 2.24) is 20.3 Å². The van der Waals surface area contributed by atoms with Gasteiger partial charge in [-0.2, -0.15) is 0 Å². The van der Waals surface area contributed by atoms with Crippen molar-refractivity contribution in [2.45, 2.75) is 32.1 Å². The number of nitrogens with zero attached hydrogens (tertiary/aromatic N) is 3. The smallest absolute Gasteiger partial charge is 0.227 e. The molecule has 3 N–H and O–H groups in total. The molecule has 1 aliphatic heterocycles. The highest BCUT2D eigenvalue weighted by atomic mass is 32.1. The average molecular weight is 346 g/mol. The quantitative estimate of drug-likeness (QED) is 0.742. The maximum absolute atomic E-state index is 11.9. The summed E-state index contributed by atoms with van der Waals surface area (Å²) in [5.74, 6) is 1.99. The summed E-state index contributed by atoms with van der Waals surface area (Å²) in [6.45, 7) is 4.51. The van der Waals surface area contributed by atoms with Gasteiger partial charge in [-0.1, -0.05) is 0 Å². The Morgan fingerprint density at radius 2 is 2.21 bits per heavy atom. The fourth-order valence-electron chi connectivity index (χ4n) is 2.78. The van der Waals surface area contributed by atoms with Crippen molar-refractivity contribution in [3.63, 3.8) is 0 Å². The van der Waals surface area contributed by atoms with Gasteiger partial charge in [0, 0.05) is 42.2 Å². The second-order valence-electron chi connectivity index (χ2n) is 5.81. The van der Waals surface area contributed by atoms with Crippen LogP contribution in [-0.2, 0) is 4.79 Å². The second kappa shape index (κ2) is 8.16. The molecule has 0 atom stereocenters. The highest BCUT2D eigenvalue weighted by Crippen LogP contribution is 2.25. The van der Waals surface area contributed by atoms with Crippen LogP contribution in [0.15, 0.2) is 17.6 Å². The Morgan fingerprint density at radius 3 is 2.96 bits per heavy atom. The van der Waals surface area contributed by atoms with Gasteiger partial charge >= 0.3 is 0 Å². The van der Waals surface area contributed by atoms with E-state index in [-0.39, 0.29) is 5.91 Å². The number of aryl methyl sites for hydroxylation is 1. The monoisotopic (exact) mass is 346 g/mol. The van der Waals surface area contributed by atoms with Crippen molar-refractivity contribution in [2.75, 3.05) is 30.3 Å². The van der Waals surface area contributed by atoms with Gasteiger partial charge in [-0.25, -0.2) is 15.0 Å². The number of carbonyl (C=O) groups excluding carboxylic acids is 1. The summed E-state index contributed by atoms with van der Waals surface area (Å²) >= 11 is 1.41. The van der Waals surface area contributed by atoms with E-state index >= 15 is 0 Å². The van der Waals surface area contributed by atoms with Crippen molar-refractivity contribution >= 4 is 28.2 Å². The lowest BCUT2D eigenvalue weighted by atomic mass is 9.94. The molecule has 1 saturated heterocycles. The van der Waals surface area contributed by atoms with Crippen LogP contribution in [0.5, 0.6) is 0 Å². The number of hydrogen-bond donors (Lipinski definition) is 3. The molecule has 1 aliphatic rings. The third-order valence-corrected chi connectivity index (χ3v) is 4.64. The van der Waals surface area contributed by atoms with Crippen molar-refractivity contribution in [3.05, 3.63) is 29.2 Å². The van der Waals surface area contributed by atoms with E-state index in [1.165, 1.54) is 11.3 Å². The van der Waals surface area contributed by atoms with E-state index in [0.717, 1.165) is 43.3 Å². The minimum absolute atomic E-state index is 0.0539. The minimum atomic E-state index is -0.0539. The molecule has 0 unspecified atom stereocenters. The van der Waals surface area contributed by atoms with Crippen molar-refractivity contribution in [1.29, 1.82) is 0 Å². The molecule has 0 bridgehead atoms. The van der Waals surface area contributed by atoms with E-state index in [1.807, 2.05) is 18.4 Å². The molecular formula is C16H22N6OS. The molecule has 0 aromatic carbocycles. The first kappa shape index (κ1) is 16.8. The summed E-state index contributed by atoms with van der Waals surface area (Å²) in [7, 11) is 0. The maximum atomic E-state index is 11.9. The van der Waals surface area contributed by atoms with Crippen molar-refractivity contribution in [3.8, 4) is 0 Å². The number of nitrogens with one attached hydrogen (secondary N) is 3. The first-order chi connectivity index (χ1) is 11.7. The van der Waals surface area contributed by atoms with Crippen molar-refractivity contribution in [2.24, 2.45) is 0 Å². The fraction of sp³-hybridized carbons (Fsp3) is 0.500. The highest BCUT2D eigenvalue weighted by Gasteiger charge is 2.17. The van der Waals surface area contributed by atoms with E-state index in [2.05, 4.69) is 30.9 Å². The molecule has 0 spiro atoms. The third-order valence-electron chi connectivity index (χ3n) is 3.95. The van der Waals surface area contributed by atoms with E-state index < -0.39 is 0 Å². The molecule has 3 rings (SSSR count). The van der Waals surface area contributed by atoms with Gasteiger partial charge in [-0.15, -0.1) is 11.3 Å². The molecule has 1 fully saturated rings. The summed E-state index contributed by atoms with van der Waals surface area (Å²) in [4.78, 5) is 24.9. The zero-order valence-electron chi connectivity index (χ0n) is 13.7. The van der Waals surface area contributed by atoms with Gasteiger partial charge in [0.05, 0.1) is 0 Å². The van der Waals surface area contributed by atoms with Crippen LogP contribution in [0.4, 0.5) is 10.9 Å². The van der Waals surface area contributed by atoms with Crippen molar-refractivity contribution < 1.29 is 4.79 Å². The molecule has 0 radical (unpaired) electrons. The standard InChI is InChI=1S/C16H22N6OS/c1-11-20-13(12-2-5-17-6-3-12)10-14(21-11)18-7-4-15(23)22-16-19-8-9-24-16/h8-10,12,17H,2-7H2,1H3,(H,18,20,21)(H,19,22,23). The number of thiazole rings is 1. The molecular weight excluding hydrogens is 324 g/mol. The largest absolute Gasteiger partial charge is 0.369 e. The van der Waals surface area contributed by atoms with Gasteiger partial charge in [-0.05, 0) is 32.9 Å². The summed E-state index contributed by atoms with van der Waals surface area (Å²) in [6, 6.07) is 2.02. The first-order valence-corrected chi connectivity index (χ1v) is 9.08. The zero-order valence-corrected chi connectivity index (χ0v) is 14.5. The molecule has 3 heterocycles. The molecule has 0 aliphatic carbocycles. The van der Waals surface area contributed by atoms with Gasteiger partial charge in [0.15, 0.2) is 5.13 Å². The Bertz CT molecular complexity index is 669. The number of carbonyl (C=O) groups is 1. The normalized spacial score (nSPS) is 15.2. The topological polar surface area (TPSA) is 91.8 Å². The Morgan fingerprint density at radius 1 is 1.38 bits per heavy atom. The van der Waals surface area contributed by atoms with Crippen LogP contribution in [0.2, 0.25) is 0 Å². The lowest BCUT2D eigenvalue weighted by Gasteiger charge is -2.22. The number of piperidine rings is 1. The minimum Gasteiger partial charge on any atom is -0.369 e. The summed E-state index contributed by atoms with van der Waals surface area (Å²) in [6.07, 6.45) is 4.24. The Kier molecular flexibility index (Phi) is 5.71. The fourth-order valence-corrected chi connectivity index (χ4v) is 3.32. The van der Waals surface area contributed by atoms with E-state index in [1.54, 1.807) is 6.20 Å². The van der Waals surface area contributed by atoms with E-state index in [9.17, 15) is 4.79 Å². The van der Waals surface area contributed by atoms with Crippen LogP contribution in [0, 0.1) is 6.92 Å². The predicted octanol–water partition coefficient (Wildman–Crippen LogP) is 2.15. The molecule has 24 heavy (non-hydrogen) atoms. The molecule has 2 aromatic rings. The summed E-state index contributed by atoms with van der Waals surface area (Å²) in [5, 5.41) is 11.8. The van der Waals surface area contributed by atoms with Gasteiger partial charge in [-0.3, -0.25) is 4.79 Å². The summed E-state index contributed by atoms with van der Waals surface area (Å²) < 4.78 is 0. The van der Waals surface area contributed by atoms with Gasteiger partial charge in [0.25, 0.3) is 0 Å². The Labute approximate surface area is 145 Å². The Hall–Kier alpha value is -2.06. The number of aromatic nitrogens is 3. The van der Waals surface area contributed by atoms with Crippen LogP contribution >= 0.6 is 11.3 Å². The Balaban J connectivity index is 1.52. The van der Waals surface area contributed by atoms with Crippen LogP contribution in [0.3, 0.4) is 0 Å². The molecule has 8 heteroatoms. The first-order valence-electron chi connectivity index (χ1n) is 8.20. The van der Waals surface area contributed by atoms with Crippen LogP contribution in [0.1, 0.15) is 36.7 Å². The lowest BCUT2D eigenvalue weighted by molar-refractivity contribution is -0.115. The highest BCUT2D eigenvalue weighted by molar-refractivity contribution is 7.13. The number of anilines is 2. The zero-order chi connectivity index (χ0) is 16.8. The summed E-state index contributed by atoms with van der Waals surface area (Å²) in [5.41, 5.74) is 1.10. The SMILES string of the molecule is Cc1nc(NCCC(=O)Nc2nccs2)cc(C2CCNCC2)n1.